The third-order valence-corrected chi connectivity index (χ3v) is 5.69. The number of hydrogen-bond acceptors (Lipinski definition) is 7. The van der Waals surface area contributed by atoms with Crippen molar-refractivity contribution in [2.75, 3.05) is 19.5 Å². The molecule has 2 aromatic carbocycles. The second-order valence-corrected chi connectivity index (χ2v) is 10.6. The van der Waals surface area contributed by atoms with Gasteiger partial charge >= 0.3 is 6.09 Å². The van der Waals surface area contributed by atoms with E-state index in [0.29, 0.717) is 39.6 Å². The Labute approximate surface area is 229 Å². The number of anilines is 1. The fraction of sp³-hybridized carbons (Fsp3) is 0.367. The highest BCUT2D eigenvalue weighted by Gasteiger charge is 2.28. The Morgan fingerprint density at radius 1 is 1.03 bits per heavy atom. The van der Waals surface area contributed by atoms with Crippen molar-refractivity contribution in [1.82, 2.24) is 5.32 Å². The van der Waals surface area contributed by atoms with Crippen LogP contribution in [-0.2, 0) is 9.53 Å². The van der Waals surface area contributed by atoms with E-state index in [0.717, 1.165) is 0 Å². The standard InChI is InChI=1S/C30H36N2O7/c1-18(31-28(35)39-29(2,3)4)27(34)32-22-17-19(10-13-25(22)37-8)9-12-23(33)20-11-14-24(36-7)21-15-16-30(5,6)38-26(20)21/h9-18H,1-8H3,(H,31,35)(H,32,34)/b12-9+. The van der Waals surface area contributed by atoms with Crippen LogP contribution in [0.1, 0.15) is 63.0 Å². The van der Waals surface area contributed by atoms with E-state index < -0.39 is 29.2 Å². The Balaban J connectivity index is 1.79. The van der Waals surface area contributed by atoms with Gasteiger partial charge in [0.1, 0.15) is 34.5 Å². The maximum absolute atomic E-state index is 13.2. The van der Waals surface area contributed by atoms with Crippen molar-refractivity contribution in [1.29, 1.82) is 0 Å². The van der Waals surface area contributed by atoms with Crippen LogP contribution in [0.3, 0.4) is 0 Å². The van der Waals surface area contributed by atoms with Crippen molar-refractivity contribution in [3.05, 3.63) is 59.2 Å². The first-order valence-electron chi connectivity index (χ1n) is 12.5. The molecule has 2 N–H and O–H groups in total. The molecule has 0 fully saturated rings. The Kier molecular flexibility index (Phi) is 8.74. The van der Waals surface area contributed by atoms with Crippen LogP contribution in [0, 0.1) is 0 Å². The Bertz CT molecular complexity index is 1320. The summed E-state index contributed by atoms with van der Waals surface area (Å²) >= 11 is 0. The van der Waals surface area contributed by atoms with Gasteiger partial charge in [0.25, 0.3) is 0 Å². The van der Waals surface area contributed by atoms with Gasteiger partial charge in [0.05, 0.1) is 31.0 Å². The van der Waals surface area contributed by atoms with Crippen molar-refractivity contribution in [3.8, 4) is 17.2 Å². The van der Waals surface area contributed by atoms with E-state index in [9.17, 15) is 14.4 Å². The van der Waals surface area contributed by atoms with E-state index in [4.69, 9.17) is 18.9 Å². The second-order valence-electron chi connectivity index (χ2n) is 10.6. The van der Waals surface area contributed by atoms with Gasteiger partial charge in [0.2, 0.25) is 5.91 Å². The van der Waals surface area contributed by atoms with Crippen molar-refractivity contribution >= 4 is 35.6 Å². The highest BCUT2D eigenvalue weighted by atomic mass is 16.6. The monoisotopic (exact) mass is 536 g/mol. The van der Waals surface area contributed by atoms with Gasteiger partial charge in [0.15, 0.2) is 5.78 Å². The summed E-state index contributed by atoms with van der Waals surface area (Å²) < 4.78 is 22.1. The van der Waals surface area contributed by atoms with Crippen LogP contribution in [0.4, 0.5) is 10.5 Å². The van der Waals surface area contributed by atoms with Crippen LogP contribution >= 0.6 is 0 Å². The lowest BCUT2D eigenvalue weighted by Gasteiger charge is -2.29. The minimum Gasteiger partial charge on any atom is -0.496 e. The number of rotatable bonds is 8. The number of ether oxygens (including phenoxy) is 4. The zero-order valence-electron chi connectivity index (χ0n) is 23.6. The summed E-state index contributed by atoms with van der Waals surface area (Å²) in [6.07, 6.45) is 6.20. The molecule has 1 heterocycles. The summed E-state index contributed by atoms with van der Waals surface area (Å²) in [5.41, 5.74) is 0.883. The summed E-state index contributed by atoms with van der Waals surface area (Å²) in [5.74, 6) is 0.780. The number of amides is 2. The molecule has 2 amide bonds. The van der Waals surface area contributed by atoms with Crippen LogP contribution in [0.25, 0.3) is 12.2 Å². The van der Waals surface area contributed by atoms with Gasteiger partial charge in [0, 0.05) is 0 Å². The number of benzene rings is 2. The van der Waals surface area contributed by atoms with Gasteiger partial charge in [-0.05, 0) is 89.6 Å². The molecule has 0 aromatic heterocycles. The van der Waals surface area contributed by atoms with Crippen LogP contribution in [0.2, 0.25) is 0 Å². The number of ketones is 1. The number of fused-ring (bicyclic) bond motifs is 1. The third kappa shape index (κ3) is 7.63. The first kappa shape index (κ1) is 29.3. The lowest BCUT2D eigenvalue weighted by atomic mass is 9.97. The van der Waals surface area contributed by atoms with Gasteiger partial charge in [-0.15, -0.1) is 0 Å². The highest BCUT2D eigenvalue weighted by molar-refractivity contribution is 6.09. The van der Waals surface area contributed by atoms with Gasteiger partial charge in [-0.25, -0.2) is 4.79 Å². The van der Waals surface area contributed by atoms with Gasteiger partial charge < -0.3 is 29.6 Å². The largest absolute Gasteiger partial charge is 0.496 e. The maximum Gasteiger partial charge on any atom is 0.408 e. The zero-order chi connectivity index (χ0) is 29.0. The topological polar surface area (TPSA) is 112 Å². The van der Waals surface area contributed by atoms with Crippen LogP contribution in [0.15, 0.2) is 42.5 Å². The molecule has 0 radical (unpaired) electrons. The number of carbonyl (C=O) groups excluding carboxylic acids is 3. The summed E-state index contributed by atoms with van der Waals surface area (Å²) in [6.45, 7) is 10.6. The highest BCUT2D eigenvalue weighted by Crippen LogP contribution is 2.40. The smallest absolute Gasteiger partial charge is 0.408 e. The predicted octanol–water partition coefficient (Wildman–Crippen LogP) is 5.64. The number of allylic oxidation sites excluding steroid dienone is 1. The second kappa shape index (κ2) is 11.6. The van der Waals surface area contributed by atoms with Gasteiger partial charge in [-0.2, -0.15) is 0 Å². The quantitative estimate of drug-likeness (QED) is 0.332. The van der Waals surface area contributed by atoms with E-state index in [2.05, 4.69) is 10.6 Å². The van der Waals surface area contributed by atoms with Gasteiger partial charge in [-0.3, -0.25) is 9.59 Å². The first-order chi connectivity index (χ1) is 18.2. The van der Waals surface area contributed by atoms with Crippen LogP contribution in [-0.4, -0.2) is 49.2 Å². The van der Waals surface area contributed by atoms with E-state index in [1.54, 1.807) is 71.2 Å². The molecule has 208 valence electrons. The summed E-state index contributed by atoms with van der Waals surface area (Å²) in [7, 11) is 3.05. The molecular weight excluding hydrogens is 500 g/mol. The molecule has 0 aliphatic carbocycles. The molecule has 3 rings (SSSR count). The Morgan fingerprint density at radius 2 is 1.69 bits per heavy atom. The number of methoxy groups -OCH3 is 2. The third-order valence-electron chi connectivity index (χ3n) is 5.69. The fourth-order valence-corrected chi connectivity index (χ4v) is 3.78. The minimum atomic E-state index is -0.870. The molecule has 0 spiro atoms. The summed E-state index contributed by atoms with van der Waals surface area (Å²) in [6, 6.07) is 7.65. The molecule has 9 heteroatoms. The molecule has 1 unspecified atom stereocenters. The maximum atomic E-state index is 13.2. The number of hydrogen-bond donors (Lipinski definition) is 2. The average Bonchev–Trinajstić information content (AvgIpc) is 2.84. The lowest BCUT2D eigenvalue weighted by molar-refractivity contribution is -0.117. The molecular formula is C30H36N2O7. The summed E-state index contributed by atoms with van der Waals surface area (Å²) in [4.78, 5) is 38.0. The molecule has 2 aromatic rings. The average molecular weight is 537 g/mol. The Morgan fingerprint density at radius 3 is 2.33 bits per heavy atom. The Hall–Kier alpha value is -4.27. The number of carbonyl (C=O) groups is 3. The number of nitrogens with one attached hydrogen (secondary N) is 2. The molecule has 0 saturated heterocycles. The molecule has 0 bridgehead atoms. The van der Waals surface area contributed by atoms with E-state index in [1.165, 1.54) is 13.2 Å². The van der Waals surface area contributed by atoms with E-state index in [1.807, 2.05) is 26.0 Å². The first-order valence-corrected chi connectivity index (χ1v) is 12.5. The lowest BCUT2D eigenvalue weighted by Crippen LogP contribution is -2.44. The van der Waals surface area contributed by atoms with Gasteiger partial charge in [-0.1, -0.05) is 12.1 Å². The zero-order valence-corrected chi connectivity index (χ0v) is 23.6. The molecule has 1 atom stereocenters. The number of alkyl carbamates (subject to hydrolysis) is 1. The van der Waals surface area contributed by atoms with E-state index in [-0.39, 0.29) is 5.78 Å². The molecule has 39 heavy (non-hydrogen) atoms. The molecule has 9 nitrogen and oxygen atoms in total. The minimum absolute atomic E-state index is 0.253. The molecule has 1 aliphatic rings. The molecule has 1 aliphatic heterocycles. The van der Waals surface area contributed by atoms with Crippen LogP contribution < -0.4 is 24.8 Å². The van der Waals surface area contributed by atoms with E-state index >= 15 is 0 Å². The molecule has 0 saturated carbocycles. The van der Waals surface area contributed by atoms with Crippen molar-refractivity contribution in [2.45, 2.75) is 58.8 Å². The SMILES string of the molecule is COc1ccc(/C=C/C(=O)c2ccc(OC)c3c2OC(C)(C)C=C3)cc1NC(=O)C(C)NC(=O)OC(C)(C)C. The van der Waals surface area contributed by atoms with Crippen molar-refractivity contribution in [3.63, 3.8) is 0 Å². The predicted molar refractivity (Wildman–Crippen MR) is 151 cm³/mol. The van der Waals surface area contributed by atoms with Crippen molar-refractivity contribution < 1.29 is 33.3 Å². The van der Waals surface area contributed by atoms with Crippen molar-refractivity contribution in [2.24, 2.45) is 0 Å². The summed E-state index contributed by atoms with van der Waals surface area (Å²) in [5, 5.41) is 5.26. The fourth-order valence-electron chi connectivity index (χ4n) is 3.78. The normalized spacial score (nSPS) is 14.6. The van der Waals surface area contributed by atoms with Crippen LogP contribution in [0.5, 0.6) is 17.2 Å².